The van der Waals surface area contributed by atoms with Crippen molar-refractivity contribution in [3.8, 4) is 0 Å². The Morgan fingerprint density at radius 3 is 2.48 bits per heavy atom. The summed E-state index contributed by atoms with van der Waals surface area (Å²) in [5, 5.41) is 0. The molecule has 4 nitrogen and oxygen atoms in total. The zero-order chi connectivity index (χ0) is 18.1. The lowest BCUT2D eigenvalue weighted by Gasteiger charge is -2.17. The van der Waals surface area contributed by atoms with Gasteiger partial charge in [0.05, 0.1) is 6.42 Å². The number of thioether (sulfide) groups is 1. The van der Waals surface area contributed by atoms with E-state index in [9.17, 15) is 14.0 Å². The van der Waals surface area contributed by atoms with Crippen molar-refractivity contribution < 1.29 is 18.7 Å². The Morgan fingerprint density at radius 2 is 1.76 bits per heavy atom. The third kappa shape index (κ3) is 6.58. The number of carbonyl (C=O) groups is 2. The molecule has 0 saturated heterocycles. The summed E-state index contributed by atoms with van der Waals surface area (Å²) < 4.78 is 18.6. The fourth-order valence-corrected chi connectivity index (χ4v) is 2.92. The van der Waals surface area contributed by atoms with Crippen molar-refractivity contribution in [2.24, 2.45) is 0 Å². The second kappa shape index (κ2) is 9.84. The zero-order valence-corrected chi connectivity index (χ0v) is 14.8. The molecule has 2 aromatic carbocycles. The van der Waals surface area contributed by atoms with Gasteiger partial charge in [0, 0.05) is 29.8 Å². The molecule has 0 aliphatic carbocycles. The first-order valence-corrected chi connectivity index (χ1v) is 8.85. The average Bonchev–Trinajstić information content (AvgIpc) is 2.62. The van der Waals surface area contributed by atoms with E-state index in [1.54, 1.807) is 37.0 Å². The number of nitrogens with zero attached hydrogens (tertiary/aromatic N) is 1. The first-order valence-electron chi connectivity index (χ1n) is 7.87. The van der Waals surface area contributed by atoms with Gasteiger partial charge in [0.1, 0.15) is 5.82 Å². The summed E-state index contributed by atoms with van der Waals surface area (Å²) in [4.78, 5) is 26.1. The molecule has 0 unspecified atom stereocenters. The lowest BCUT2D eigenvalue weighted by atomic mass is 10.2. The molecule has 0 bridgehead atoms. The minimum atomic E-state index is -0.420. The van der Waals surface area contributed by atoms with Crippen LogP contribution in [0.5, 0.6) is 0 Å². The van der Waals surface area contributed by atoms with Gasteiger partial charge in [-0.15, -0.1) is 11.8 Å². The van der Waals surface area contributed by atoms with E-state index in [1.807, 2.05) is 30.3 Å². The van der Waals surface area contributed by atoms with Gasteiger partial charge in [0.15, 0.2) is 6.61 Å². The standard InChI is InChI=1S/C19H20FNO3S/c1-21(13-15-7-5-6-10-17(15)20)18(22)14-24-19(23)11-12-25-16-8-3-2-4-9-16/h2-10H,11-14H2,1H3. The molecule has 6 heteroatoms. The van der Waals surface area contributed by atoms with Gasteiger partial charge >= 0.3 is 5.97 Å². The van der Waals surface area contributed by atoms with E-state index >= 15 is 0 Å². The van der Waals surface area contributed by atoms with Gasteiger partial charge < -0.3 is 9.64 Å². The Bertz CT molecular complexity index is 709. The van der Waals surface area contributed by atoms with Crippen LogP contribution in [-0.2, 0) is 20.9 Å². The predicted molar refractivity (Wildman–Crippen MR) is 95.6 cm³/mol. The largest absolute Gasteiger partial charge is 0.456 e. The number of carbonyl (C=O) groups excluding carboxylic acids is 2. The van der Waals surface area contributed by atoms with Crippen LogP contribution in [0.3, 0.4) is 0 Å². The Morgan fingerprint density at radius 1 is 1.08 bits per heavy atom. The van der Waals surface area contributed by atoms with Crippen molar-refractivity contribution in [2.75, 3.05) is 19.4 Å². The molecule has 2 aromatic rings. The predicted octanol–water partition coefficient (Wildman–Crippen LogP) is 3.51. The molecular weight excluding hydrogens is 341 g/mol. The van der Waals surface area contributed by atoms with Gasteiger partial charge in [-0.25, -0.2) is 4.39 Å². The van der Waals surface area contributed by atoms with Crippen molar-refractivity contribution in [3.63, 3.8) is 0 Å². The van der Waals surface area contributed by atoms with E-state index in [2.05, 4.69) is 0 Å². The molecule has 0 aliphatic rings. The van der Waals surface area contributed by atoms with Gasteiger partial charge in [-0.05, 0) is 18.2 Å². The lowest BCUT2D eigenvalue weighted by molar-refractivity contribution is -0.151. The first-order chi connectivity index (χ1) is 12.1. The highest BCUT2D eigenvalue weighted by Crippen LogP contribution is 2.17. The minimum absolute atomic E-state index is 0.132. The Kier molecular flexibility index (Phi) is 7.47. The van der Waals surface area contributed by atoms with E-state index < -0.39 is 5.97 Å². The monoisotopic (exact) mass is 361 g/mol. The van der Waals surface area contributed by atoms with Crippen LogP contribution in [0.2, 0.25) is 0 Å². The molecule has 132 valence electrons. The van der Waals surface area contributed by atoms with E-state index in [1.165, 1.54) is 11.0 Å². The van der Waals surface area contributed by atoms with E-state index in [4.69, 9.17) is 4.74 Å². The lowest BCUT2D eigenvalue weighted by Crippen LogP contribution is -2.31. The summed E-state index contributed by atoms with van der Waals surface area (Å²) in [6.45, 7) is -0.202. The molecule has 0 radical (unpaired) electrons. The molecule has 0 aromatic heterocycles. The van der Waals surface area contributed by atoms with E-state index in [0.717, 1.165) is 4.90 Å². The van der Waals surface area contributed by atoms with Crippen LogP contribution in [0, 0.1) is 5.82 Å². The maximum atomic E-state index is 13.6. The van der Waals surface area contributed by atoms with Crippen LogP contribution >= 0.6 is 11.8 Å². The number of likely N-dealkylation sites (N-methyl/N-ethyl adjacent to an activating group) is 1. The molecule has 2 rings (SSSR count). The number of halogens is 1. The summed E-state index contributed by atoms with van der Waals surface area (Å²) in [6.07, 6.45) is 0.226. The summed E-state index contributed by atoms with van der Waals surface area (Å²) in [7, 11) is 1.55. The van der Waals surface area contributed by atoms with Gasteiger partial charge in [0.2, 0.25) is 0 Å². The van der Waals surface area contributed by atoms with Crippen LogP contribution < -0.4 is 0 Å². The number of benzene rings is 2. The van der Waals surface area contributed by atoms with Crippen LogP contribution in [0.1, 0.15) is 12.0 Å². The van der Waals surface area contributed by atoms with Gasteiger partial charge in [-0.2, -0.15) is 0 Å². The van der Waals surface area contributed by atoms with Gasteiger partial charge in [0.25, 0.3) is 5.91 Å². The molecule has 0 heterocycles. The van der Waals surface area contributed by atoms with Gasteiger partial charge in [-0.1, -0.05) is 36.4 Å². The van der Waals surface area contributed by atoms with Crippen LogP contribution in [0.15, 0.2) is 59.5 Å². The third-order valence-corrected chi connectivity index (χ3v) is 4.48. The number of hydrogen-bond acceptors (Lipinski definition) is 4. The molecule has 25 heavy (non-hydrogen) atoms. The fraction of sp³-hybridized carbons (Fsp3) is 0.263. The normalized spacial score (nSPS) is 10.3. The SMILES string of the molecule is CN(Cc1ccccc1F)C(=O)COC(=O)CCSc1ccccc1. The molecule has 1 amide bonds. The molecule has 0 spiro atoms. The number of esters is 1. The quantitative estimate of drug-likeness (QED) is 0.533. The van der Waals surface area contributed by atoms with Gasteiger partial charge in [-0.3, -0.25) is 9.59 Å². The highest BCUT2D eigenvalue weighted by molar-refractivity contribution is 7.99. The van der Waals surface area contributed by atoms with Crippen LogP contribution in [0.25, 0.3) is 0 Å². The highest BCUT2D eigenvalue weighted by Gasteiger charge is 2.14. The maximum absolute atomic E-state index is 13.6. The average molecular weight is 361 g/mol. The first kappa shape index (κ1) is 19.0. The van der Waals surface area contributed by atoms with Crippen molar-refractivity contribution in [2.45, 2.75) is 17.9 Å². The highest BCUT2D eigenvalue weighted by atomic mass is 32.2. The second-order valence-electron chi connectivity index (χ2n) is 5.41. The Hall–Kier alpha value is -2.34. The third-order valence-electron chi connectivity index (χ3n) is 3.47. The molecule has 0 atom stereocenters. The van der Waals surface area contributed by atoms with E-state index in [-0.39, 0.29) is 31.3 Å². The van der Waals surface area contributed by atoms with Crippen LogP contribution in [0.4, 0.5) is 4.39 Å². The number of rotatable bonds is 8. The molecule has 0 N–H and O–H groups in total. The topological polar surface area (TPSA) is 46.6 Å². The molecule has 0 aliphatic heterocycles. The van der Waals surface area contributed by atoms with Crippen molar-refractivity contribution >= 4 is 23.6 Å². The Labute approximate surface area is 151 Å². The van der Waals surface area contributed by atoms with Crippen LogP contribution in [-0.4, -0.2) is 36.2 Å². The number of amides is 1. The maximum Gasteiger partial charge on any atom is 0.307 e. The summed E-state index contributed by atoms with van der Waals surface area (Å²) in [5.74, 6) is -0.567. The van der Waals surface area contributed by atoms with E-state index in [0.29, 0.717) is 11.3 Å². The molecule has 0 saturated carbocycles. The summed E-state index contributed by atoms with van der Waals surface area (Å²) >= 11 is 1.55. The molecule has 0 fully saturated rings. The summed E-state index contributed by atoms with van der Waals surface area (Å²) in [6, 6.07) is 16.0. The fourth-order valence-electron chi connectivity index (χ4n) is 2.06. The van der Waals surface area contributed by atoms with Crippen molar-refractivity contribution in [1.82, 2.24) is 4.90 Å². The number of ether oxygens (including phenoxy) is 1. The minimum Gasteiger partial charge on any atom is -0.456 e. The number of hydrogen-bond donors (Lipinski definition) is 0. The second-order valence-corrected chi connectivity index (χ2v) is 6.58. The zero-order valence-electron chi connectivity index (χ0n) is 14.0. The van der Waals surface area contributed by atoms with Crippen molar-refractivity contribution in [3.05, 3.63) is 66.0 Å². The summed E-state index contributed by atoms with van der Waals surface area (Å²) in [5.41, 5.74) is 0.420. The smallest absolute Gasteiger partial charge is 0.307 e. The van der Waals surface area contributed by atoms with Crippen molar-refractivity contribution in [1.29, 1.82) is 0 Å². The molecular formula is C19H20FNO3S. The Balaban J connectivity index is 1.68.